The van der Waals surface area contributed by atoms with E-state index in [0.717, 1.165) is 28.2 Å². The highest BCUT2D eigenvalue weighted by molar-refractivity contribution is 5.77. The van der Waals surface area contributed by atoms with Crippen LogP contribution in [-0.4, -0.2) is 25.2 Å². The Morgan fingerprint density at radius 2 is 1.71 bits per heavy atom. The summed E-state index contributed by atoms with van der Waals surface area (Å²) in [6.45, 7) is 8.28. The van der Waals surface area contributed by atoms with E-state index in [1.54, 1.807) is 0 Å². The van der Waals surface area contributed by atoms with Crippen molar-refractivity contribution in [3.05, 3.63) is 59.2 Å². The molecule has 0 heterocycles. The number of nitrogens with one attached hydrogen (secondary N) is 1. The molecule has 4 nitrogen and oxygen atoms in total. The van der Waals surface area contributed by atoms with Crippen molar-refractivity contribution < 1.29 is 14.3 Å². The molecule has 2 aromatic rings. The van der Waals surface area contributed by atoms with Gasteiger partial charge >= 0.3 is 0 Å². The largest absolute Gasteiger partial charge is 0.491 e. The van der Waals surface area contributed by atoms with Crippen LogP contribution in [0.4, 0.5) is 0 Å². The van der Waals surface area contributed by atoms with Gasteiger partial charge in [-0.05, 0) is 56.5 Å². The van der Waals surface area contributed by atoms with Crippen LogP contribution in [0, 0.1) is 20.8 Å². The van der Waals surface area contributed by atoms with Crippen LogP contribution in [0.15, 0.2) is 42.5 Å². The van der Waals surface area contributed by atoms with Crippen LogP contribution < -0.4 is 14.8 Å². The van der Waals surface area contributed by atoms with Gasteiger partial charge in [0.2, 0.25) is 0 Å². The van der Waals surface area contributed by atoms with Crippen molar-refractivity contribution in [2.75, 3.05) is 13.2 Å². The van der Waals surface area contributed by atoms with Gasteiger partial charge in [0.1, 0.15) is 18.1 Å². The second kappa shape index (κ2) is 8.39. The molecule has 0 saturated carbocycles. The maximum absolute atomic E-state index is 12.0. The first kappa shape index (κ1) is 17.9. The molecule has 24 heavy (non-hydrogen) atoms. The van der Waals surface area contributed by atoms with E-state index in [9.17, 15) is 4.79 Å². The summed E-state index contributed by atoms with van der Waals surface area (Å²) in [4.78, 5) is 12.0. The minimum absolute atomic E-state index is 0.000994. The van der Waals surface area contributed by atoms with Gasteiger partial charge in [0.15, 0.2) is 6.61 Å². The maximum Gasteiger partial charge on any atom is 0.258 e. The van der Waals surface area contributed by atoms with Crippen molar-refractivity contribution in [2.45, 2.75) is 33.7 Å². The topological polar surface area (TPSA) is 47.6 Å². The highest BCUT2D eigenvalue weighted by Crippen LogP contribution is 2.19. The first-order chi connectivity index (χ1) is 11.5. The number of carbonyl (C=O) groups is 1. The summed E-state index contributed by atoms with van der Waals surface area (Å²) in [7, 11) is 0. The van der Waals surface area contributed by atoms with Crippen molar-refractivity contribution >= 4 is 5.91 Å². The normalized spacial score (nSPS) is 11.7. The lowest BCUT2D eigenvalue weighted by Gasteiger charge is -2.16. The number of benzene rings is 2. The second-order valence-corrected chi connectivity index (χ2v) is 6.10. The van der Waals surface area contributed by atoms with Crippen molar-refractivity contribution in [3.63, 3.8) is 0 Å². The van der Waals surface area contributed by atoms with Crippen LogP contribution in [0.25, 0.3) is 0 Å². The number of ether oxygens (including phenoxy) is 2. The highest BCUT2D eigenvalue weighted by Gasteiger charge is 2.10. The fraction of sp³-hybridized carbons (Fsp3) is 0.350. The summed E-state index contributed by atoms with van der Waals surface area (Å²) in [5.41, 5.74) is 3.20. The van der Waals surface area contributed by atoms with Gasteiger partial charge < -0.3 is 14.8 Å². The molecule has 0 spiro atoms. The molecule has 2 rings (SSSR count). The molecule has 4 heteroatoms. The van der Waals surface area contributed by atoms with Gasteiger partial charge in [0.25, 0.3) is 5.91 Å². The van der Waals surface area contributed by atoms with Crippen molar-refractivity contribution in [1.82, 2.24) is 5.32 Å². The lowest BCUT2D eigenvalue weighted by molar-refractivity contribution is -0.123. The van der Waals surface area contributed by atoms with Crippen molar-refractivity contribution in [2.24, 2.45) is 0 Å². The van der Waals surface area contributed by atoms with Crippen molar-refractivity contribution in [1.29, 1.82) is 0 Å². The Morgan fingerprint density at radius 1 is 1.00 bits per heavy atom. The number of carbonyl (C=O) groups excluding carboxylic acids is 1. The van der Waals surface area contributed by atoms with Crippen LogP contribution in [0.2, 0.25) is 0 Å². The standard InChI is InChI=1S/C20H25NO3/c1-14-9-10-16(3)19(11-14)24-13-20(22)21-17(4)12-23-18-8-6-5-7-15(18)2/h5-11,17H,12-13H2,1-4H3,(H,21,22)/t17-/m1/s1. The molecule has 2 aromatic carbocycles. The Bertz CT molecular complexity index is 697. The Labute approximate surface area is 143 Å². The van der Waals surface area contributed by atoms with E-state index < -0.39 is 0 Å². The average Bonchev–Trinajstić information content (AvgIpc) is 2.55. The zero-order valence-corrected chi connectivity index (χ0v) is 14.8. The lowest BCUT2D eigenvalue weighted by atomic mass is 10.1. The monoisotopic (exact) mass is 327 g/mol. The van der Waals surface area contributed by atoms with E-state index in [-0.39, 0.29) is 18.6 Å². The molecule has 0 fully saturated rings. The van der Waals surface area contributed by atoms with E-state index in [1.165, 1.54) is 0 Å². The predicted octanol–water partition coefficient (Wildman–Crippen LogP) is 3.57. The first-order valence-corrected chi connectivity index (χ1v) is 8.13. The molecule has 0 saturated heterocycles. The third-order valence-corrected chi connectivity index (χ3v) is 3.69. The molecule has 0 radical (unpaired) electrons. The molecule has 1 amide bonds. The molecule has 0 unspecified atom stereocenters. The second-order valence-electron chi connectivity index (χ2n) is 6.10. The van der Waals surface area contributed by atoms with E-state index in [2.05, 4.69) is 5.32 Å². The highest BCUT2D eigenvalue weighted by atomic mass is 16.5. The number of hydrogen-bond acceptors (Lipinski definition) is 3. The molecule has 0 bridgehead atoms. The fourth-order valence-corrected chi connectivity index (χ4v) is 2.30. The predicted molar refractivity (Wildman–Crippen MR) is 95.7 cm³/mol. The van der Waals surface area contributed by atoms with Gasteiger partial charge in [-0.15, -0.1) is 0 Å². The van der Waals surface area contributed by atoms with Crippen LogP contribution in [0.1, 0.15) is 23.6 Å². The zero-order valence-electron chi connectivity index (χ0n) is 14.8. The Hall–Kier alpha value is -2.49. The molecular weight excluding hydrogens is 302 g/mol. The van der Waals surface area contributed by atoms with E-state index >= 15 is 0 Å². The van der Waals surface area contributed by atoms with Gasteiger partial charge in [0.05, 0.1) is 6.04 Å². The van der Waals surface area contributed by atoms with Gasteiger partial charge in [0, 0.05) is 0 Å². The number of amides is 1. The quantitative estimate of drug-likeness (QED) is 0.845. The Balaban J connectivity index is 1.77. The summed E-state index contributed by atoms with van der Waals surface area (Å²) in [5, 5.41) is 2.88. The summed E-state index contributed by atoms with van der Waals surface area (Å²) in [5.74, 6) is 1.43. The maximum atomic E-state index is 12.0. The summed E-state index contributed by atoms with van der Waals surface area (Å²) < 4.78 is 11.4. The fourth-order valence-electron chi connectivity index (χ4n) is 2.30. The van der Waals surface area contributed by atoms with E-state index in [0.29, 0.717) is 6.61 Å². The lowest BCUT2D eigenvalue weighted by Crippen LogP contribution is -2.39. The molecule has 0 aromatic heterocycles. The summed E-state index contributed by atoms with van der Waals surface area (Å²) >= 11 is 0. The number of para-hydroxylation sites is 1. The number of aryl methyl sites for hydroxylation is 3. The van der Waals surface area contributed by atoms with Crippen LogP contribution in [0.5, 0.6) is 11.5 Å². The van der Waals surface area contributed by atoms with Gasteiger partial charge in [-0.3, -0.25) is 4.79 Å². The summed E-state index contributed by atoms with van der Waals surface area (Å²) in [6, 6.07) is 13.7. The minimum atomic E-state index is -0.156. The number of rotatable bonds is 7. The molecule has 0 aliphatic rings. The third-order valence-electron chi connectivity index (χ3n) is 3.69. The summed E-state index contributed by atoms with van der Waals surface area (Å²) in [6.07, 6.45) is 0. The van der Waals surface area contributed by atoms with Gasteiger partial charge in [-0.2, -0.15) is 0 Å². The van der Waals surface area contributed by atoms with E-state index in [1.807, 2.05) is 70.2 Å². The Morgan fingerprint density at radius 3 is 2.46 bits per heavy atom. The molecular formula is C20H25NO3. The SMILES string of the molecule is Cc1ccc(C)c(OCC(=O)N[C@H](C)COc2ccccc2C)c1. The van der Waals surface area contributed by atoms with Gasteiger partial charge in [-0.25, -0.2) is 0 Å². The van der Waals surface area contributed by atoms with Crippen LogP contribution >= 0.6 is 0 Å². The smallest absolute Gasteiger partial charge is 0.258 e. The molecule has 1 N–H and O–H groups in total. The average molecular weight is 327 g/mol. The van der Waals surface area contributed by atoms with Crippen LogP contribution in [-0.2, 0) is 4.79 Å². The van der Waals surface area contributed by atoms with Crippen LogP contribution in [0.3, 0.4) is 0 Å². The minimum Gasteiger partial charge on any atom is -0.491 e. The first-order valence-electron chi connectivity index (χ1n) is 8.13. The molecule has 0 aliphatic heterocycles. The molecule has 1 atom stereocenters. The van der Waals surface area contributed by atoms with E-state index in [4.69, 9.17) is 9.47 Å². The zero-order chi connectivity index (χ0) is 17.5. The molecule has 0 aliphatic carbocycles. The van der Waals surface area contributed by atoms with Gasteiger partial charge in [-0.1, -0.05) is 30.3 Å². The Kier molecular flexibility index (Phi) is 6.24. The van der Waals surface area contributed by atoms with Crippen molar-refractivity contribution in [3.8, 4) is 11.5 Å². The molecule has 128 valence electrons. The number of hydrogen-bond donors (Lipinski definition) is 1. The third kappa shape index (κ3) is 5.30.